The Bertz CT molecular complexity index is 2600. The fourth-order valence-electron chi connectivity index (χ4n) is 8.80. The van der Waals surface area contributed by atoms with Crippen LogP contribution in [0.2, 0.25) is 18.1 Å². The Labute approximate surface area is 424 Å². The van der Waals surface area contributed by atoms with Gasteiger partial charge in [0.2, 0.25) is 17.6 Å². The lowest BCUT2D eigenvalue weighted by atomic mass is 9.81. The van der Waals surface area contributed by atoms with Crippen LogP contribution in [0.4, 0.5) is 28.0 Å². The molecule has 1 aromatic heterocycles. The number of carbonyl (C=O) groups excluding carboxylic acids is 4. The molecule has 2 fully saturated rings. The number of nitrogens with zero attached hydrogens (tertiary/aromatic N) is 2. The quantitative estimate of drug-likeness (QED) is 0.0435. The van der Waals surface area contributed by atoms with Crippen molar-refractivity contribution in [2.45, 2.75) is 160 Å². The molecule has 6 N–H and O–H groups in total. The van der Waals surface area contributed by atoms with E-state index >= 15 is 0 Å². The van der Waals surface area contributed by atoms with Crippen LogP contribution in [0.15, 0.2) is 66.7 Å². The van der Waals surface area contributed by atoms with Crippen LogP contribution in [0, 0.1) is 18.8 Å². The van der Waals surface area contributed by atoms with Gasteiger partial charge in [-0.3, -0.25) is 14.4 Å². The minimum absolute atomic E-state index is 0.0754. The number of anilines is 1. The molecule has 2 saturated carbocycles. The Kier molecular flexibility index (Phi) is 17.3. The van der Waals surface area contributed by atoms with Gasteiger partial charge in [0.1, 0.15) is 11.6 Å². The minimum atomic E-state index is -5.46. The van der Waals surface area contributed by atoms with E-state index < -0.39 is 55.6 Å². The minimum Gasteiger partial charge on any atom is -0.477 e. The normalized spacial score (nSPS) is 19.3. The number of carboxylic acids is 1. The summed E-state index contributed by atoms with van der Waals surface area (Å²) in [5, 5.41) is 27.1. The van der Waals surface area contributed by atoms with Gasteiger partial charge in [0.25, 0.3) is 5.91 Å². The third-order valence-electron chi connectivity index (χ3n) is 14.1. The lowest BCUT2D eigenvalue weighted by Crippen LogP contribution is -2.48. The maximum atomic E-state index is 14.4. The van der Waals surface area contributed by atoms with Gasteiger partial charge in [-0.1, -0.05) is 51.1 Å². The zero-order valence-electron chi connectivity index (χ0n) is 43.0. The number of rotatable bonds is 17. The number of H-pyrrole nitrogens is 1. The van der Waals surface area contributed by atoms with Crippen molar-refractivity contribution in [2.24, 2.45) is 11.8 Å². The van der Waals surface area contributed by atoms with Crippen molar-refractivity contribution >= 4 is 43.8 Å². The zero-order chi connectivity index (χ0) is 53.7. The summed E-state index contributed by atoms with van der Waals surface area (Å²) in [6.07, 6.45) is 5.76. The van der Waals surface area contributed by atoms with Crippen molar-refractivity contribution in [1.29, 1.82) is 0 Å². The smallest absolute Gasteiger partial charge is 0.411 e. The van der Waals surface area contributed by atoms with E-state index in [4.69, 9.17) is 14.3 Å². The van der Waals surface area contributed by atoms with Gasteiger partial charge in [-0.25, -0.2) is 9.59 Å². The molecule has 0 bridgehead atoms. The molecule has 0 radical (unpaired) electrons. The van der Waals surface area contributed by atoms with Crippen molar-refractivity contribution in [3.8, 4) is 22.5 Å². The van der Waals surface area contributed by atoms with Crippen molar-refractivity contribution in [3.05, 3.63) is 89.2 Å². The first-order chi connectivity index (χ1) is 34.0. The van der Waals surface area contributed by atoms with E-state index in [1.54, 1.807) is 20.8 Å². The molecule has 6 rings (SSSR count). The maximum absolute atomic E-state index is 14.4. The Morgan fingerprint density at radius 3 is 2.00 bits per heavy atom. The van der Waals surface area contributed by atoms with Crippen molar-refractivity contribution in [1.82, 2.24) is 31.1 Å². The predicted molar refractivity (Wildman–Crippen MR) is 271 cm³/mol. The zero-order valence-corrected chi connectivity index (χ0v) is 44.0. The highest BCUT2D eigenvalue weighted by atomic mass is 28.4. The molecule has 3 aromatic carbocycles. The summed E-state index contributed by atoms with van der Waals surface area (Å²) in [6, 6.07) is 17.7. The topological polar surface area (TPSA) is 214 Å². The molecule has 0 aliphatic heterocycles. The van der Waals surface area contributed by atoms with Gasteiger partial charge in [-0.2, -0.15) is 17.6 Å². The van der Waals surface area contributed by atoms with E-state index in [1.165, 1.54) is 24.3 Å². The number of halogens is 4. The number of alkyl carbamates (subject to hydrolysis) is 1. The third-order valence-corrected chi connectivity index (χ3v) is 18.7. The first-order valence-electron chi connectivity index (χ1n) is 24.8. The second kappa shape index (κ2) is 22.5. The standard InChI is InChI=1S/C53H69F4N7O8Si/c1-31-28-37(45(66)59-39-23-25-40(26-24-39)72-73(8,9)51(5,6)7)20-27-41(31)34-14-10-32(11-15-34)29-42(61-44(65)36-16-12-33(13-17-36)30-58-49(70)71-50(2,3)4)46(67)60-38-21-18-35(19-22-38)43-62-47(64-63-43)52(54,55)53(56,57)48(68)69/h10-11,14-15,18-22,27-28,33,36,39-40,42H,12-13,16-17,23-26,29-30H2,1-9H3,(H,58,70)(H,59,66)(H,60,67)(H,61,65)(H,68,69)(H,62,63,64)/t33-,36-,39-,40-,42-/m0/s1. The number of aromatic amines is 1. The molecule has 0 saturated heterocycles. The SMILES string of the molecule is Cc1cc(C(=O)N[C@H]2CC[C@H](O[Si](C)(C)C(C)(C)C)CC2)ccc1-c1ccc(C[C@H](NC(=O)[C@H]2CC[C@H](CNC(=O)OC(C)(C)C)CC2)C(=O)Nc2ccc(-c3nnc(C(F)(F)C(F)(F)C(=O)O)[nH]3)cc2)cc1. The van der Waals surface area contributed by atoms with Gasteiger partial charge < -0.3 is 40.5 Å². The number of alkyl halides is 4. The van der Waals surface area contributed by atoms with E-state index in [2.05, 4.69) is 65.3 Å². The molecule has 0 unspecified atom stereocenters. The molecule has 1 atom stereocenters. The molecule has 2 aliphatic rings. The van der Waals surface area contributed by atoms with E-state index in [9.17, 15) is 41.5 Å². The van der Waals surface area contributed by atoms with Crippen LogP contribution >= 0.6 is 0 Å². The molecule has 0 spiro atoms. The molecular formula is C53H69F4N7O8Si. The summed E-state index contributed by atoms with van der Waals surface area (Å²) in [5.41, 5.74) is 3.73. The van der Waals surface area contributed by atoms with Gasteiger partial charge in [0.15, 0.2) is 14.1 Å². The second-order valence-electron chi connectivity index (χ2n) is 22.0. The lowest BCUT2D eigenvalue weighted by molar-refractivity contribution is -0.231. The highest BCUT2D eigenvalue weighted by molar-refractivity contribution is 6.74. The highest BCUT2D eigenvalue weighted by Gasteiger charge is 2.65. The van der Waals surface area contributed by atoms with Gasteiger partial charge in [-0.05, 0) is 162 Å². The average molecular weight is 1040 g/mol. The Hall–Kier alpha value is -6.15. The summed E-state index contributed by atoms with van der Waals surface area (Å²) < 4.78 is 68.4. The second-order valence-corrected chi connectivity index (χ2v) is 26.7. The van der Waals surface area contributed by atoms with Gasteiger partial charge in [0.05, 0.1) is 0 Å². The van der Waals surface area contributed by atoms with Gasteiger partial charge in [-0.15, -0.1) is 10.2 Å². The largest absolute Gasteiger partial charge is 0.477 e. The summed E-state index contributed by atoms with van der Waals surface area (Å²) in [7, 11) is -1.88. The molecule has 2 aliphatic carbocycles. The fraction of sp³-hybridized carbons (Fsp3) is 0.528. The number of carboxylic acid groups (broad SMARTS) is 1. The summed E-state index contributed by atoms with van der Waals surface area (Å²) in [5.74, 6) is -16.9. The number of aryl methyl sites for hydroxylation is 1. The van der Waals surface area contributed by atoms with Crippen molar-refractivity contribution in [2.75, 3.05) is 11.9 Å². The van der Waals surface area contributed by atoms with Crippen LogP contribution in [0.1, 0.15) is 120 Å². The summed E-state index contributed by atoms with van der Waals surface area (Å²) in [6.45, 7) is 19.0. The Balaban J connectivity index is 1.11. The Morgan fingerprint density at radius 2 is 1.42 bits per heavy atom. The number of hydrogen-bond acceptors (Lipinski definition) is 9. The number of amides is 4. The van der Waals surface area contributed by atoms with Crippen molar-refractivity contribution in [3.63, 3.8) is 0 Å². The van der Waals surface area contributed by atoms with E-state index in [1.807, 2.05) is 54.4 Å². The van der Waals surface area contributed by atoms with E-state index in [0.29, 0.717) is 37.8 Å². The number of aliphatic carboxylic acids is 1. The Morgan fingerprint density at radius 1 is 0.808 bits per heavy atom. The van der Waals surface area contributed by atoms with Crippen LogP contribution in [0.3, 0.4) is 0 Å². The number of benzene rings is 3. The molecule has 396 valence electrons. The van der Waals surface area contributed by atoms with Crippen LogP contribution in [0.5, 0.6) is 0 Å². The molecule has 4 aromatic rings. The van der Waals surface area contributed by atoms with Gasteiger partial charge >= 0.3 is 23.9 Å². The summed E-state index contributed by atoms with van der Waals surface area (Å²) in [4.78, 5) is 66.3. The van der Waals surface area contributed by atoms with Crippen LogP contribution < -0.4 is 21.3 Å². The molecule has 20 heteroatoms. The maximum Gasteiger partial charge on any atom is 0.411 e. The van der Waals surface area contributed by atoms with Gasteiger partial charge in [0, 0.05) is 47.8 Å². The number of hydrogen-bond donors (Lipinski definition) is 6. The number of nitrogens with one attached hydrogen (secondary N) is 5. The molecule has 73 heavy (non-hydrogen) atoms. The van der Waals surface area contributed by atoms with E-state index in [-0.39, 0.29) is 64.3 Å². The third kappa shape index (κ3) is 14.3. The number of carbonyl (C=O) groups is 5. The summed E-state index contributed by atoms with van der Waals surface area (Å²) >= 11 is 0. The first kappa shape index (κ1) is 56.1. The first-order valence-corrected chi connectivity index (χ1v) is 27.7. The highest BCUT2D eigenvalue weighted by Crippen LogP contribution is 2.42. The van der Waals surface area contributed by atoms with Crippen LogP contribution in [-0.2, 0) is 35.9 Å². The predicted octanol–water partition coefficient (Wildman–Crippen LogP) is 10.3. The molecular weight excluding hydrogens is 967 g/mol. The van der Waals surface area contributed by atoms with Crippen molar-refractivity contribution < 1.29 is 55.8 Å². The van der Waals surface area contributed by atoms with E-state index in [0.717, 1.165) is 47.9 Å². The number of ether oxygens (including phenoxy) is 1. The molecule has 15 nitrogen and oxygen atoms in total. The molecule has 4 amide bonds. The monoisotopic (exact) mass is 1040 g/mol. The molecule has 1 heterocycles. The lowest BCUT2D eigenvalue weighted by Gasteiger charge is -2.41. The average Bonchev–Trinajstić information content (AvgIpc) is 3.82. The van der Waals surface area contributed by atoms with Crippen LogP contribution in [0.25, 0.3) is 22.5 Å². The fourth-order valence-corrected chi connectivity index (χ4v) is 10.2. The number of aromatic nitrogens is 3. The van der Waals surface area contributed by atoms with Crippen LogP contribution in [-0.4, -0.2) is 94.6 Å².